The quantitative estimate of drug-likeness (QED) is 0.0922. The first kappa shape index (κ1) is 29.9. The van der Waals surface area contributed by atoms with Gasteiger partial charge in [0.1, 0.15) is 18.9 Å². The first-order valence-electron chi connectivity index (χ1n) is 13.4. The highest BCUT2D eigenvalue weighted by Gasteiger charge is 2.19. The molecule has 12 heteroatoms. The van der Waals surface area contributed by atoms with Crippen molar-refractivity contribution in [2.45, 2.75) is 4.90 Å². The third-order valence-corrected chi connectivity index (χ3v) is 7.24. The maximum Gasteiger partial charge on any atom is 0.276 e. The maximum atomic E-state index is 13.4. The average Bonchev–Trinajstić information content (AvgIpc) is 3.04. The summed E-state index contributed by atoms with van der Waals surface area (Å²) in [4.78, 5) is 50.6. The number of nitro groups is 1. The molecule has 4 aromatic carbocycles. The SMILES string of the molecule is O=C(CSc1cccc(NC(=O)/C(=C\c2ccccc2[N+](=O)[O-])NC(=O)c2ccccc2)c1)Nc1ccc2c(c1)OCCO2. The molecule has 222 valence electrons. The highest BCUT2D eigenvalue weighted by atomic mass is 32.2. The molecule has 0 atom stereocenters. The van der Waals surface area contributed by atoms with Crippen LogP contribution in [-0.2, 0) is 9.59 Å². The van der Waals surface area contributed by atoms with Crippen molar-refractivity contribution in [3.8, 4) is 11.5 Å². The van der Waals surface area contributed by atoms with Crippen molar-refractivity contribution in [2.75, 3.05) is 29.6 Å². The molecule has 0 aromatic heterocycles. The van der Waals surface area contributed by atoms with Crippen molar-refractivity contribution in [2.24, 2.45) is 0 Å². The van der Waals surface area contributed by atoms with Crippen LogP contribution in [0.1, 0.15) is 15.9 Å². The maximum absolute atomic E-state index is 13.4. The lowest BCUT2D eigenvalue weighted by atomic mass is 10.1. The van der Waals surface area contributed by atoms with Crippen LogP contribution < -0.4 is 25.4 Å². The van der Waals surface area contributed by atoms with E-state index in [4.69, 9.17) is 9.47 Å². The number of anilines is 2. The Hall–Kier alpha value is -5.62. The van der Waals surface area contributed by atoms with Gasteiger partial charge in [-0.2, -0.15) is 0 Å². The summed E-state index contributed by atoms with van der Waals surface area (Å²) in [5.41, 5.74) is 1.02. The summed E-state index contributed by atoms with van der Waals surface area (Å²) < 4.78 is 11.1. The molecule has 5 rings (SSSR count). The van der Waals surface area contributed by atoms with Crippen LogP contribution in [0.15, 0.2) is 108 Å². The summed E-state index contributed by atoms with van der Waals surface area (Å²) in [6, 6.07) is 26.2. The Kier molecular flexibility index (Phi) is 9.52. The Morgan fingerprint density at radius 2 is 1.55 bits per heavy atom. The van der Waals surface area contributed by atoms with Crippen LogP contribution in [0.2, 0.25) is 0 Å². The number of thioether (sulfide) groups is 1. The Balaban J connectivity index is 1.27. The Labute approximate surface area is 256 Å². The van der Waals surface area contributed by atoms with Gasteiger partial charge in [0, 0.05) is 34.0 Å². The number of nitrogens with zero attached hydrogens (tertiary/aromatic N) is 1. The third kappa shape index (κ3) is 7.81. The van der Waals surface area contributed by atoms with E-state index in [2.05, 4.69) is 16.0 Å². The Morgan fingerprint density at radius 1 is 0.818 bits per heavy atom. The van der Waals surface area contributed by atoms with Gasteiger partial charge in [0.25, 0.3) is 17.5 Å². The van der Waals surface area contributed by atoms with Gasteiger partial charge in [0.15, 0.2) is 11.5 Å². The predicted octanol–water partition coefficient (Wildman–Crippen LogP) is 5.51. The fourth-order valence-corrected chi connectivity index (χ4v) is 4.96. The smallest absolute Gasteiger partial charge is 0.276 e. The molecule has 1 aliphatic rings. The number of nitrogens with one attached hydrogen (secondary N) is 3. The van der Waals surface area contributed by atoms with Gasteiger partial charge in [-0.1, -0.05) is 36.4 Å². The van der Waals surface area contributed by atoms with Crippen LogP contribution in [0, 0.1) is 10.1 Å². The van der Waals surface area contributed by atoms with Crippen LogP contribution in [0.5, 0.6) is 11.5 Å². The summed E-state index contributed by atoms with van der Waals surface area (Å²) in [5, 5.41) is 19.7. The van der Waals surface area contributed by atoms with Crippen molar-refractivity contribution in [1.29, 1.82) is 0 Å². The minimum Gasteiger partial charge on any atom is -0.486 e. The van der Waals surface area contributed by atoms with Crippen LogP contribution in [0.3, 0.4) is 0 Å². The van der Waals surface area contributed by atoms with E-state index in [0.717, 1.165) is 0 Å². The van der Waals surface area contributed by atoms with E-state index in [0.29, 0.717) is 46.5 Å². The zero-order valence-electron chi connectivity index (χ0n) is 23.1. The van der Waals surface area contributed by atoms with Gasteiger partial charge in [-0.3, -0.25) is 24.5 Å². The normalized spacial score (nSPS) is 12.1. The topological polar surface area (TPSA) is 149 Å². The van der Waals surface area contributed by atoms with Crippen molar-refractivity contribution in [3.63, 3.8) is 0 Å². The lowest BCUT2D eigenvalue weighted by Gasteiger charge is -2.19. The molecule has 0 saturated carbocycles. The summed E-state index contributed by atoms with van der Waals surface area (Å²) in [6.45, 7) is 0.917. The van der Waals surface area contributed by atoms with E-state index in [1.807, 2.05) is 0 Å². The fourth-order valence-electron chi connectivity index (χ4n) is 4.20. The number of hydrogen-bond acceptors (Lipinski definition) is 8. The molecule has 1 heterocycles. The highest BCUT2D eigenvalue weighted by Crippen LogP contribution is 2.33. The molecule has 0 saturated heterocycles. The number of nitro benzene ring substituents is 1. The molecule has 3 amide bonds. The van der Waals surface area contributed by atoms with Crippen LogP contribution in [-0.4, -0.2) is 41.6 Å². The number of rotatable bonds is 10. The van der Waals surface area contributed by atoms with Crippen molar-refractivity contribution >= 4 is 52.6 Å². The average molecular weight is 611 g/mol. The standard InChI is InChI=1S/C32H26N4O7S/c37-30(33-24-13-14-28-29(19-24)43-16-15-42-28)20-44-25-11-6-10-23(18-25)34-32(39)26(35-31(38)21-7-2-1-3-8-21)17-22-9-4-5-12-27(22)36(40)41/h1-14,17-19H,15-16,20H2,(H,33,37)(H,34,39)(H,35,38)/b26-17+. The van der Waals surface area contributed by atoms with Crippen molar-refractivity contribution in [1.82, 2.24) is 5.32 Å². The second kappa shape index (κ2) is 14.0. The molecule has 0 bridgehead atoms. The van der Waals surface area contributed by atoms with E-state index < -0.39 is 16.7 Å². The van der Waals surface area contributed by atoms with E-state index in [1.54, 1.807) is 78.9 Å². The van der Waals surface area contributed by atoms with Crippen molar-refractivity contribution in [3.05, 3.63) is 124 Å². The molecule has 0 radical (unpaired) electrons. The molecule has 0 spiro atoms. The molecule has 11 nitrogen and oxygen atoms in total. The highest BCUT2D eigenvalue weighted by molar-refractivity contribution is 8.00. The molecule has 3 N–H and O–H groups in total. The Morgan fingerprint density at radius 3 is 2.34 bits per heavy atom. The molecule has 0 fully saturated rings. The van der Waals surface area contributed by atoms with Gasteiger partial charge in [-0.15, -0.1) is 11.8 Å². The molecule has 44 heavy (non-hydrogen) atoms. The Bertz CT molecular complexity index is 1740. The van der Waals surface area contributed by atoms with Crippen LogP contribution in [0.25, 0.3) is 6.08 Å². The monoisotopic (exact) mass is 610 g/mol. The number of amides is 3. The second-order valence-electron chi connectivity index (χ2n) is 9.37. The van der Waals surface area contributed by atoms with Crippen LogP contribution in [0.4, 0.5) is 17.1 Å². The molecule has 0 aliphatic carbocycles. The zero-order chi connectivity index (χ0) is 30.9. The predicted molar refractivity (Wildman–Crippen MR) is 167 cm³/mol. The lowest BCUT2D eigenvalue weighted by Crippen LogP contribution is -2.30. The van der Waals surface area contributed by atoms with Gasteiger partial charge in [0.05, 0.1) is 16.2 Å². The van der Waals surface area contributed by atoms with E-state index in [9.17, 15) is 24.5 Å². The second-order valence-corrected chi connectivity index (χ2v) is 10.4. The number of para-hydroxylation sites is 1. The first-order valence-corrected chi connectivity index (χ1v) is 14.4. The summed E-state index contributed by atoms with van der Waals surface area (Å²) in [6.07, 6.45) is 1.26. The number of carbonyl (C=O) groups excluding carboxylic acids is 3. The van der Waals surface area contributed by atoms with E-state index >= 15 is 0 Å². The number of carbonyl (C=O) groups is 3. The molecule has 4 aromatic rings. The molecule has 1 aliphatic heterocycles. The molecule has 0 unspecified atom stereocenters. The van der Waals surface area contributed by atoms with Gasteiger partial charge in [-0.05, 0) is 54.6 Å². The molecular weight excluding hydrogens is 584 g/mol. The van der Waals surface area contributed by atoms with E-state index in [1.165, 1.54) is 36.0 Å². The van der Waals surface area contributed by atoms with Gasteiger partial charge < -0.3 is 25.4 Å². The van der Waals surface area contributed by atoms with Gasteiger partial charge in [0.2, 0.25) is 5.91 Å². The first-order chi connectivity index (χ1) is 21.4. The van der Waals surface area contributed by atoms with Gasteiger partial charge in [-0.25, -0.2) is 0 Å². The van der Waals surface area contributed by atoms with E-state index in [-0.39, 0.29) is 28.6 Å². The third-order valence-electron chi connectivity index (χ3n) is 6.25. The lowest BCUT2D eigenvalue weighted by molar-refractivity contribution is -0.385. The summed E-state index contributed by atoms with van der Waals surface area (Å²) >= 11 is 1.26. The summed E-state index contributed by atoms with van der Waals surface area (Å²) in [7, 11) is 0. The van der Waals surface area contributed by atoms with Gasteiger partial charge >= 0.3 is 0 Å². The number of ether oxygens (including phenoxy) is 2. The minimum atomic E-state index is -0.689. The fraction of sp³-hybridized carbons (Fsp3) is 0.0938. The number of benzene rings is 4. The van der Waals surface area contributed by atoms with Crippen molar-refractivity contribution < 1.29 is 28.8 Å². The van der Waals surface area contributed by atoms with Crippen LogP contribution >= 0.6 is 11.8 Å². The number of fused-ring (bicyclic) bond motifs is 1. The zero-order valence-corrected chi connectivity index (χ0v) is 24.0. The minimum absolute atomic E-state index is 0.0990. The summed E-state index contributed by atoms with van der Waals surface area (Å²) in [5.74, 6) is -0.186. The molecular formula is C32H26N4O7S. The number of hydrogen-bond donors (Lipinski definition) is 3. The largest absolute Gasteiger partial charge is 0.486 e.